The minimum absolute atomic E-state index is 0.0406. The summed E-state index contributed by atoms with van der Waals surface area (Å²) in [6.45, 7) is 25.9. The molecule has 6 heterocycles. The normalized spacial score (nSPS) is 17.7. The van der Waals surface area contributed by atoms with Gasteiger partial charge in [-0.05, 0) is 25.0 Å². The van der Waals surface area contributed by atoms with Gasteiger partial charge < -0.3 is 0 Å². The predicted octanol–water partition coefficient (Wildman–Crippen LogP) is 10.2. The third-order valence-corrected chi connectivity index (χ3v) is 14.5. The first-order valence-electron chi connectivity index (χ1n) is 18.7. The van der Waals surface area contributed by atoms with Gasteiger partial charge >= 0.3 is 0 Å². The molecule has 4 heteroatoms. The fraction of sp³-hybridized carbons (Fsp3) is 0.362. The number of nitrogens with zero attached hydrogens (tertiary/aromatic N) is 4. The van der Waals surface area contributed by atoms with E-state index in [9.17, 15) is 0 Å². The fourth-order valence-corrected chi connectivity index (χ4v) is 10.2. The van der Waals surface area contributed by atoms with Crippen molar-refractivity contribution in [3.63, 3.8) is 0 Å². The van der Waals surface area contributed by atoms with Gasteiger partial charge in [0, 0.05) is 61.3 Å². The maximum atomic E-state index is 2.57. The lowest BCUT2D eigenvalue weighted by Crippen LogP contribution is -2.51. The molecule has 4 aromatic carbocycles. The highest BCUT2D eigenvalue weighted by Gasteiger charge is 2.52. The molecule has 0 N–H and O–H groups in total. The number of aromatic nitrogens is 4. The summed E-state index contributed by atoms with van der Waals surface area (Å²) in [6, 6.07) is 27.1. The number of fused-ring (bicyclic) bond motifs is 6. The van der Waals surface area contributed by atoms with Gasteiger partial charge in [-0.25, -0.2) is 9.13 Å². The van der Waals surface area contributed by atoms with Crippen molar-refractivity contribution >= 4 is 54.6 Å². The quantitative estimate of drug-likeness (QED) is 0.113. The zero-order chi connectivity index (χ0) is 36.3. The zero-order valence-corrected chi connectivity index (χ0v) is 32.8. The molecule has 0 bridgehead atoms. The van der Waals surface area contributed by atoms with Crippen LogP contribution in [0.5, 0.6) is 0 Å². The van der Waals surface area contributed by atoms with Crippen molar-refractivity contribution in [3.8, 4) is 0 Å². The van der Waals surface area contributed by atoms with Gasteiger partial charge in [-0.2, -0.15) is 8.80 Å². The number of aryl methyl sites for hydroxylation is 4. The number of benzene rings is 4. The van der Waals surface area contributed by atoms with E-state index in [1.165, 1.54) is 94.0 Å². The van der Waals surface area contributed by atoms with E-state index in [1.54, 1.807) is 0 Å². The predicted molar refractivity (Wildman–Crippen MR) is 213 cm³/mol. The Morgan fingerprint density at radius 2 is 1.06 bits per heavy atom. The van der Waals surface area contributed by atoms with Gasteiger partial charge in [-0.3, -0.25) is 0 Å². The Labute approximate surface area is 302 Å². The molecule has 2 aliphatic rings. The molecule has 8 aromatic rings. The van der Waals surface area contributed by atoms with Gasteiger partial charge in [0.25, 0.3) is 11.3 Å². The molecule has 10 rings (SSSR count). The molecule has 0 saturated carbocycles. The molecule has 0 spiro atoms. The van der Waals surface area contributed by atoms with Gasteiger partial charge in [0.15, 0.2) is 11.4 Å². The van der Waals surface area contributed by atoms with Crippen LogP contribution in [0, 0.1) is 20.8 Å². The summed E-state index contributed by atoms with van der Waals surface area (Å²) in [5.74, 6) is 0. The van der Waals surface area contributed by atoms with Crippen molar-refractivity contribution in [1.29, 1.82) is 0 Å². The van der Waals surface area contributed by atoms with Crippen LogP contribution in [-0.4, -0.2) is 8.97 Å². The Kier molecular flexibility index (Phi) is 6.18. The molecule has 0 saturated heterocycles. The van der Waals surface area contributed by atoms with Gasteiger partial charge in [0.05, 0.1) is 24.9 Å². The second kappa shape index (κ2) is 9.79. The molecule has 51 heavy (non-hydrogen) atoms. The Hall–Kier alpha value is -4.70. The highest BCUT2D eigenvalue weighted by Crippen LogP contribution is 2.52. The molecule has 4 nitrogen and oxygen atoms in total. The molecule has 0 radical (unpaired) electrons. The van der Waals surface area contributed by atoms with Crippen molar-refractivity contribution in [2.45, 2.75) is 97.8 Å². The topological polar surface area (TPSA) is 17.3 Å². The van der Waals surface area contributed by atoms with Crippen LogP contribution in [0.25, 0.3) is 54.6 Å². The zero-order valence-electron chi connectivity index (χ0n) is 32.8. The van der Waals surface area contributed by atoms with Crippen LogP contribution in [0.1, 0.15) is 94.7 Å². The van der Waals surface area contributed by atoms with Crippen molar-refractivity contribution < 1.29 is 8.97 Å². The van der Waals surface area contributed by atoms with E-state index >= 15 is 0 Å². The monoisotopic (exact) mass is 672 g/mol. The van der Waals surface area contributed by atoms with E-state index in [0.717, 1.165) is 0 Å². The number of hydrogen-bond donors (Lipinski definition) is 0. The van der Waals surface area contributed by atoms with Crippen LogP contribution < -0.4 is 8.97 Å². The second-order valence-corrected chi connectivity index (χ2v) is 17.8. The van der Waals surface area contributed by atoms with Crippen molar-refractivity contribution in [1.82, 2.24) is 8.97 Å². The van der Waals surface area contributed by atoms with Crippen LogP contribution in [0.3, 0.4) is 0 Å². The Bertz CT molecular complexity index is 2850. The van der Waals surface area contributed by atoms with E-state index < -0.39 is 0 Å². The lowest BCUT2D eigenvalue weighted by molar-refractivity contribution is -0.643. The maximum absolute atomic E-state index is 2.57. The van der Waals surface area contributed by atoms with E-state index in [2.05, 4.69) is 187 Å². The van der Waals surface area contributed by atoms with E-state index in [4.69, 9.17) is 0 Å². The van der Waals surface area contributed by atoms with Crippen LogP contribution in [-0.2, 0) is 35.8 Å². The van der Waals surface area contributed by atoms with E-state index in [1.807, 2.05) is 0 Å². The molecule has 4 aromatic heterocycles. The van der Waals surface area contributed by atoms with Crippen molar-refractivity contribution in [2.24, 2.45) is 14.1 Å². The highest BCUT2D eigenvalue weighted by molar-refractivity contribution is 6.14. The van der Waals surface area contributed by atoms with E-state index in [0.29, 0.717) is 0 Å². The average Bonchev–Trinajstić information content (AvgIpc) is 3.57. The van der Waals surface area contributed by atoms with Gasteiger partial charge in [0.1, 0.15) is 22.9 Å². The summed E-state index contributed by atoms with van der Waals surface area (Å²) < 4.78 is 9.83. The molecule has 0 fully saturated rings. The second-order valence-electron chi connectivity index (χ2n) is 17.8. The summed E-state index contributed by atoms with van der Waals surface area (Å²) in [6.07, 6.45) is 2.35. The van der Waals surface area contributed by atoms with Gasteiger partial charge in [-0.15, -0.1) is 0 Å². The van der Waals surface area contributed by atoms with Crippen LogP contribution in [0.15, 0.2) is 79.0 Å². The standard InChI is InChI=1S/C24H27N2.C23H25N2/c1-14-10-8-11-16-17-12-9-13-18-20(17)26-21(24(5,6)23(18,3)4)15(2)25(7)22(26)19(14)16;1-14-9-7-10-15-16-11-8-12-17-20(16)25-18(23(4,5)22(17,2)3)13-24(6)21(25)19(14)15/h8-13H,1-7H3;7-13H,1-6H3/q2*+1. The number of rotatable bonds is 0. The summed E-state index contributed by atoms with van der Waals surface area (Å²) in [7, 11) is 4.41. The number of para-hydroxylation sites is 2. The maximum Gasteiger partial charge on any atom is 0.295 e. The van der Waals surface area contributed by atoms with Gasteiger partial charge in [0.2, 0.25) is 0 Å². The molecule has 0 aliphatic carbocycles. The first-order chi connectivity index (χ1) is 24.0. The Balaban J connectivity index is 0.000000137. The number of imidazole rings is 2. The SMILES string of the molecule is Cc1cccc2c3cccc4c3[n+]3c(c(C)n(C)c3c12)C(C)(C)C4(C)C.Cc1cccc2c3cccc4c3n3c(c[n+](C)c3c12)C(C)(C)C4(C)C. The third-order valence-electron chi connectivity index (χ3n) is 14.5. The Morgan fingerprint density at radius 3 is 1.71 bits per heavy atom. The first kappa shape index (κ1) is 32.2. The average molecular weight is 673 g/mol. The summed E-state index contributed by atoms with van der Waals surface area (Å²) >= 11 is 0. The largest absolute Gasteiger partial charge is 0.295 e. The van der Waals surface area contributed by atoms with Crippen molar-refractivity contribution in [2.75, 3.05) is 0 Å². The van der Waals surface area contributed by atoms with Crippen molar-refractivity contribution in [3.05, 3.63) is 118 Å². The minimum atomic E-state index is 0.0406. The minimum Gasteiger partial charge on any atom is -0.232 e. The third kappa shape index (κ3) is 3.61. The van der Waals surface area contributed by atoms with Crippen LogP contribution >= 0.6 is 0 Å². The van der Waals surface area contributed by atoms with E-state index in [-0.39, 0.29) is 21.7 Å². The lowest BCUT2D eigenvalue weighted by Gasteiger charge is -2.43. The first-order valence-corrected chi connectivity index (χ1v) is 18.7. The smallest absolute Gasteiger partial charge is 0.232 e. The molecular formula is C47H52N4+2. The van der Waals surface area contributed by atoms with Gasteiger partial charge in [-0.1, -0.05) is 128 Å². The number of pyridine rings is 2. The molecule has 0 amide bonds. The summed E-state index contributed by atoms with van der Waals surface area (Å²) in [5.41, 5.74) is 15.5. The Morgan fingerprint density at radius 1 is 0.549 bits per heavy atom. The highest BCUT2D eigenvalue weighted by atomic mass is 15.1. The number of hydrogen-bond acceptors (Lipinski definition) is 0. The summed E-state index contributed by atoms with van der Waals surface area (Å²) in [4.78, 5) is 0. The molecular weight excluding hydrogens is 621 g/mol. The van der Waals surface area contributed by atoms with Crippen LogP contribution in [0.2, 0.25) is 0 Å². The summed E-state index contributed by atoms with van der Waals surface area (Å²) in [5, 5.41) is 8.21. The fourth-order valence-electron chi connectivity index (χ4n) is 10.2. The molecule has 258 valence electrons. The molecule has 0 atom stereocenters. The molecule has 2 aliphatic heterocycles. The molecule has 0 unspecified atom stereocenters. The van der Waals surface area contributed by atoms with Crippen LogP contribution in [0.4, 0.5) is 0 Å². The lowest BCUT2D eigenvalue weighted by atomic mass is 9.60.